The lowest BCUT2D eigenvalue weighted by Crippen LogP contribution is -2.38. The molecule has 0 fully saturated rings. The zero-order chi connectivity index (χ0) is 15.2. The van der Waals surface area contributed by atoms with E-state index in [9.17, 15) is 9.59 Å². The molecule has 0 saturated heterocycles. The summed E-state index contributed by atoms with van der Waals surface area (Å²) >= 11 is 0. The molecular formula is C16H29NO2. The lowest BCUT2D eigenvalue weighted by molar-refractivity contribution is -0.125. The van der Waals surface area contributed by atoms with Gasteiger partial charge >= 0.3 is 0 Å². The number of hydrogen-bond donors (Lipinski definition) is 0. The fourth-order valence-corrected chi connectivity index (χ4v) is 1.44. The van der Waals surface area contributed by atoms with E-state index < -0.39 is 0 Å². The Morgan fingerprint density at radius 3 is 1.42 bits per heavy atom. The maximum atomic E-state index is 11.9. The number of Topliss-reactive ketones (excluding diaryl/α,β-unsaturated/α-hetero) is 2. The highest BCUT2D eigenvalue weighted by Gasteiger charge is 2.19. The SMILES string of the molecule is C=C(CN(CC(=O)C(C)C)CC(=O)C(C)C)C(C)C. The van der Waals surface area contributed by atoms with Crippen molar-refractivity contribution in [2.45, 2.75) is 41.5 Å². The van der Waals surface area contributed by atoms with E-state index in [1.54, 1.807) is 0 Å². The van der Waals surface area contributed by atoms with E-state index in [1.165, 1.54) is 0 Å². The second-order valence-corrected chi connectivity index (χ2v) is 6.20. The first-order chi connectivity index (χ1) is 8.65. The Morgan fingerprint density at radius 2 is 1.16 bits per heavy atom. The monoisotopic (exact) mass is 267 g/mol. The molecule has 0 atom stereocenters. The van der Waals surface area contributed by atoms with Crippen molar-refractivity contribution in [3.63, 3.8) is 0 Å². The van der Waals surface area contributed by atoms with Crippen LogP contribution in [-0.4, -0.2) is 36.1 Å². The van der Waals surface area contributed by atoms with Crippen molar-refractivity contribution >= 4 is 11.6 Å². The number of hydrogen-bond acceptors (Lipinski definition) is 3. The predicted molar refractivity (Wildman–Crippen MR) is 80.1 cm³/mol. The number of ketones is 2. The van der Waals surface area contributed by atoms with E-state index in [4.69, 9.17) is 0 Å². The van der Waals surface area contributed by atoms with Crippen LogP contribution in [0.15, 0.2) is 12.2 Å². The largest absolute Gasteiger partial charge is 0.298 e. The van der Waals surface area contributed by atoms with Gasteiger partial charge in [-0.2, -0.15) is 0 Å². The van der Waals surface area contributed by atoms with Crippen LogP contribution in [0.2, 0.25) is 0 Å². The van der Waals surface area contributed by atoms with Gasteiger partial charge in [-0.05, 0) is 5.92 Å². The fourth-order valence-electron chi connectivity index (χ4n) is 1.44. The van der Waals surface area contributed by atoms with Crippen LogP contribution in [0.4, 0.5) is 0 Å². The summed E-state index contributed by atoms with van der Waals surface area (Å²) in [5.41, 5.74) is 1.06. The summed E-state index contributed by atoms with van der Waals surface area (Å²) in [7, 11) is 0. The van der Waals surface area contributed by atoms with Crippen LogP contribution in [0.1, 0.15) is 41.5 Å². The van der Waals surface area contributed by atoms with Crippen LogP contribution in [0.5, 0.6) is 0 Å². The Morgan fingerprint density at radius 1 is 0.789 bits per heavy atom. The minimum Gasteiger partial charge on any atom is -0.298 e. The standard InChI is InChI=1S/C16H29NO2/c1-11(2)14(7)8-17(9-15(18)12(3)4)10-16(19)13(5)6/h11-13H,7-10H2,1-6H3. The van der Waals surface area contributed by atoms with E-state index in [0.717, 1.165) is 5.57 Å². The van der Waals surface area contributed by atoms with Crippen LogP contribution >= 0.6 is 0 Å². The van der Waals surface area contributed by atoms with Gasteiger partial charge in [0.2, 0.25) is 0 Å². The molecular weight excluding hydrogens is 238 g/mol. The Bertz CT molecular complexity index is 277. The highest BCUT2D eigenvalue weighted by atomic mass is 16.1. The second kappa shape index (κ2) is 8.26. The molecule has 0 rings (SSSR count). The number of carbonyl (C=O) groups excluding carboxylic acids is 2. The van der Waals surface area contributed by atoms with Crippen molar-refractivity contribution in [2.24, 2.45) is 17.8 Å². The lowest BCUT2D eigenvalue weighted by Gasteiger charge is -2.25. The third kappa shape index (κ3) is 7.26. The van der Waals surface area contributed by atoms with Crippen molar-refractivity contribution in [1.82, 2.24) is 4.90 Å². The normalized spacial score (nSPS) is 11.7. The fraction of sp³-hybridized carbons (Fsp3) is 0.750. The molecule has 0 aromatic rings. The van der Waals surface area contributed by atoms with Crippen molar-refractivity contribution in [3.05, 3.63) is 12.2 Å². The molecule has 0 heterocycles. The Kier molecular flexibility index (Phi) is 7.84. The minimum absolute atomic E-state index is 0.00367. The smallest absolute Gasteiger partial charge is 0.149 e. The van der Waals surface area contributed by atoms with Gasteiger partial charge in [-0.25, -0.2) is 0 Å². The molecule has 0 aliphatic rings. The van der Waals surface area contributed by atoms with Crippen LogP contribution in [0.3, 0.4) is 0 Å². The summed E-state index contributed by atoms with van der Waals surface area (Å²) in [4.78, 5) is 25.7. The third-order valence-corrected chi connectivity index (χ3v) is 3.29. The van der Waals surface area contributed by atoms with Crippen molar-refractivity contribution in [2.75, 3.05) is 19.6 Å². The molecule has 0 bridgehead atoms. The molecule has 3 heteroatoms. The Balaban J connectivity index is 4.68. The average molecular weight is 267 g/mol. The van der Waals surface area contributed by atoms with E-state index >= 15 is 0 Å². The maximum absolute atomic E-state index is 11.9. The maximum Gasteiger partial charge on any atom is 0.149 e. The molecule has 110 valence electrons. The number of nitrogens with zero attached hydrogens (tertiary/aromatic N) is 1. The van der Waals surface area contributed by atoms with Gasteiger partial charge < -0.3 is 0 Å². The first kappa shape index (κ1) is 18.0. The van der Waals surface area contributed by atoms with Gasteiger partial charge in [0, 0.05) is 18.4 Å². The summed E-state index contributed by atoms with van der Waals surface area (Å²) in [5, 5.41) is 0. The van der Waals surface area contributed by atoms with Gasteiger partial charge in [0.15, 0.2) is 0 Å². The molecule has 19 heavy (non-hydrogen) atoms. The molecule has 0 amide bonds. The molecule has 0 radical (unpaired) electrons. The van der Waals surface area contributed by atoms with Gasteiger partial charge in [-0.1, -0.05) is 53.7 Å². The summed E-state index contributed by atoms with van der Waals surface area (Å²) in [5.74, 6) is 0.722. The van der Waals surface area contributed by atoms with Crippen molar-refractivity contribution < 1.29 is 9.59 Å². The summed E-state index contributed by atoms with van der Waals surface area (Å²) in [6.45, 7) is 17.0. The highest BCUT2D eigenvalue weighted by Crippen LogP contribution is 2.10. The molecule has 0 aromatic carbocycles. The summed E-state index contributed by atoms with van der Waals surface area (Å²) < 4.78 is 0. The zero-order valence-electron chi connectivity index (χ0n) is 13.3. The van der Waals surface area contributed by atoms with Crippen LogP contribution in [0, 0.1) is 17.8 Å². The molecule has 0 unspecified atom stereocenters. The molecule has 0 saturated carbocycles. The average Bonchev–Trinajstić information content (AvgIpc) is 2.27. The first-order valence-electron chi connectivity index (χ1n) is 7.10. The van der Waals surface area contributed by atoms with Crippen LogP contribution in [0.25, 0.3) is 0 Å². The number of rotatable bonds is 9. The topological polar surface area (TPSA) is 37.4 Å². The van der Waals surface area contributed by atoms with Crippen molar-refractivity contribution in [3.8, 4) is 0 Å². The van der Waals surface area contributed by atoms with E-state index in [2.05, 4.69) is 20.4 Å². The lowest BCUT2D eigenvalue weighted by atomic mass is 10.0. The van der Waals surface area contributed by atoms with Gasteiger partial charge in [0.1, 0.15) is 11.6 Å². The van der Waals surface area contributed by atoms with Crippen LogP contribution in [-0.2, 0) is 9.59 Å². The second-order valence-electron chi connectivity index (χ2n) is 6.20. The molecule has 0 spiro atoms. The molecule has 0 N–H and O–H groups in total. The van der Waals surface area contributed by atoms with E-state index in [1.807, 2.05) is 32.6 Å². The molecule has 0 aromatic heterocycles. The van der Waals surface area contributed by atoms with Gasteiger partial charge in [0.25, 0.3) is 0 Å². The van der Waals surface area contributed by atoms with Crippen molar-refractivity contribution in [1.29, 1.82) is 0 Å². The van der Waals surface area contributed by atoms with Gasteiger partial charge in [0.05, 0.1) is 13.1 Å². The van der Waals surface area contributed by atoms with Crippen LogP contribution < -0.4 is 0 Å². The minimum atomic E-state index is 0.00367. The zero-order valence-corrected chi connectivity index (χ0v) is 13.3. The predicted octanol–water partition coefficient (Wildman–Crippen LogP) is 2.95. The quantitative estimate of drug-likeness (QED) is 0.603. The molecule has 0 aliphatic carbocycles. The Hall–Kier alpha value is -0.960. The van der Waals surface area contributed by atoms with Gasteiger partial charge in [-0.3, -0.25) is 14.5 Å². The van der Waals surface area contributed by atoms with E-state index in [0.29, 0.717) is 25.6 Å². The highest BCUT2D eigenvalue weighted by molar-refractivity contribution is 5.85. The first-order valence-corrected chi connectivity index (χ1v) is 7.10. The third-order valence-electron chi connectivity index (χ3n) is 3.29. The van der Waals surface area contributed by atoms with E-state index in [-0.39, 0.29) is 23.4 Å². The summed E-state index contributed by atoms with van der Waals surface area (Å²) in [6.07, 6.45) is 0. The molecule has 3 nitrogen and oxygen atoms in total. The van der Waals surface area contributed by atoms with Gasteiger partial charge in [-0.15, -0.1) is 0 Å². The summed E-state index contributed by atoms with van der Waals surface area (Å²) in [6, 6.07) is 0. The Labute approximate surface area is 118 Å². The number of carbonyl (C=O) groups is 2. The molecule has 0 aliphatic heterocycles.